The van der Waals surface area contributed by atoms with Crippen molar-refractivity contribution in [3.05, 3.63) is 128 Å². The lowest BCUT2D eigenvalue weighted by molar-refractivity contribution is -0.0944. The number of aromatic amines is 1. The van der Waals surface area contributed by atoms with Crippen LogP contribution in [-0.2, 0) is 15.1 Å². The summed E-state index contributed by atoms with van der Waals surface area (Å²) in [5, 5.41) is 10.8. The normalized spacial score (nSPS) is 18.9. The molecule has 3 atom stereocenters. The van der Waals surface area contributed by atoms with Gasteiger partial charge in [-0.25, -0.2) is 4.79 Å². The van der Waals surface area contributed by atoms with Gasteiger partial charge in [0.15, 0.2) is 0 Å². The van der Waals surface area contributed by atoms with Crippen LogP contribution >= 0.6 is 11.6 Å². The van der Waals surface area contributed by atoms with Gasteiger partial charge in [-0.15, -0.1) is 0 Å². The smallest absolute Gasteiger partial charge is 0.330 e. The van der Waals surface area contributed by atoms with Crippen LogP contribution in [-0.4, -0.2) is 47.7 Å². The Morgan fingerprint density at radius 1 is 0.925 bits per heavy atom. The summed E-state index contributed by atoms with van der Waals surface area (Å²) in [7, 11) is 3.21. The van der Waals surface area contributed by atoms with Crippen molar-refractivity contribution in [1.82, 2.24) is 9.55 Å². The van der Waals surface area contributed by atoms with Gasteiger partial charge in [0.05, 0.1) is 26.9 Å². The van der Waals surface area contributed by atoms with Crippen LogP contribution in [0, 0.1) is 0 Å². The number of aliphatic hydroxyl groups is 1. The second-order valence-electron chi connectivity index (χ2n) is 9.39. The zero-order valence-electron chi connectivity index (χ0n) is 22.0. The van der Waals surface area contributed by atoms with Crippen LogP contribution in [0.1, 0.15) is 29.3 Å². The van der Waals surface area contributed by atoms with Crippen molar-refractivity contribution in [1.29, 1.82) is 0 Å². The minimum Gasteiger partial charge on any atom is -0.497 e. The molecular formula is C30H29ClN2O7. The van der Waals surface area contributed by atoms with Gasteiger partial charge in [0, 0.05) is 12.6 Å². The van der Waals surface area contributed by atoms with E-state index in [9.17, 15) is 14.7 Å². The lowest BCUT2D eigenvalue weighted by Gasteiger charge is -2.37. The highest BCUT2D eigenvalue weighted by Gasteiger charge is 2.42. The van der Waals surface area contributed by atoms with Crippen LogP contribution in [0.15, 0.2) is 94.6 Å². The number of hydrogen-bond donors (Lipinski definition) is 2. The molecule has 0 saturated carbocycles. The lowest BCUT2D eigenvalue weighted by Crippen LogP contribution is -2.38. The number of halogens is 1. The maximum absolute atomic E-state index is 12.4. The molecule has 0 spiro atoms. The maximum Gasteiger partial charge on any atom is 0.330 e. The molecule has 0 bridgehead atoms. The molecule has 5 rings (SSSR count). The zero-order chi connectivity index (χ0) is 28.3. The summed E-state index contributed by atoms with van der Waals surface area (Å²) in [6.45, 7) is -0.0174. The number of ether oxygens (including phenoxy) is 4. The fourth-order valence-electron chi connectivity index (χ4n) is 4.99. The van der Waals surface area contributed by atoms with E-state index in [-0.39, 0.29) is 18.1 Å². The first kappa shape index (κ1) is 27.7. The first-order chi connectivity index (χ1) is 19.3. The third-order valence-corrected chi connectivity index (χ3v) is 7.35. The highest BCUT2D eigenvalue weighted by atomic mass is 35.5. The van der Waals surface area contributed by atoms with Crippen molar-refractivity contribution in [2.75, 3.05) is 20.8 Å². The molecule has 1 saturated heterocycles. The van der Waals surface area contributed by atoms with E-state index in [2.05, 4.69) is 4.98 Å². The van der Waals surface area contributed by atoms with Gasteiger partial charge in [0.25, 0.3) is 5.56 Å². The van der Waals surface area contributed by atoms with Crippen molar-refractivity contribution in [2.45, 2.75) is 30.5 Å². The second kappa shape index (κ2) is 11.7. The predicted octanol–water partition coefficient (Wildman–Crippen LogP) is 3.86. The van der Waals surface area contributed by atoms with E-state index in [4.69, 9.17) is 30.5 Å². The largest absolute Gasteiger partial charge is 0.497 e. The molecule has 0 amide bonds. The highest BCUT2D eigenvalue weighted by Crippen LogP contribution is 2.42. The fraction of sp³-hybridized carbons (Fsp3) is 0.267. The molecule has 9 nitrogen and oxygen atoms in total. The van der Waals surface area contributed by atoms with Gasteiger partial charge in [-0.2, -0.15) is 0 Å². The van der Waals surface area contributed by atoms with Gasteiger partial charge in [0.2, 0.25) is 0 Å². The Bertz CT molecular complexity index is 1500. The highest BCUT2D eigenvalue weighted by molar-refractivity contribution is 6.30. The topological polar surface area (TPSA) is 112 Å². The van der Waals surface area contributed by atoms with Crippen LogP contribution in [0.5, 0.6) is 11.5 Å². The summed E-state index contributed by atoms with van der Waals surface area (Å²) in [6.07, 6.45) is -1.23. The monoisotopic (exact) mass is 564 g/mol. The molecular weight excluding hydrogens is 536 g/mol. The van der Waals surface area contributed by atoms with E-state index >= 15 is 0 Å². The molecule has 2 heterocycles. The molecule has 1 fully saturated rings. The van der Waals surface area contributed by atoms with E-state index in [0.717, 1.165) is 16.7 Å². The van der Waals surface area contributed by atoms with Crippen molar-refractivity contribution < 1.29 is 24.1 Å². The van der Waals surface area contributed by atoms with E-state index in [1.54, 1.807) is 14.2 Å². The van der Waals surface area contributed by atoms with E-state index in [1.165, 1.54) is 10.8 Å². The molecule has 40 heavy (non-hydrogen) atoms. The molecule has 3 aromatic carbocycles. The van der Waals surface area contributed by atoms with Gasteiger partial charge in [-0.05, 0) is 41.0 Å². The van der Waals surface area contributed by atoms with Gasteiger partial charge in [0.1, 0.15) is 34.5 Å². The Labute approximate surface area is 235 Å². The minimum atomic E-state index is -1.10. The molecule has 1 aromatic heterocycles. The van der Waals surface area contributed by atoms with E-state index < -0.39 is 35.3 Å². The van der Waals surface area contributed by atoms with Crippen LogP contribution < -0.4 is 20.7 Å². The number of nitrogens with zero attached hydrogens (tertiary/aromatic N) is 1. The van der Waals surface area contributed by atoms with Gasteiger partial charge in [-0.3, -0.25) is 14.3 Å². The first-order valence-electron chi connectivity index (χ1n) is 12.7. The van der Waals surface area contributed by atoms with Crippen LogP contribution in [0.4, 0.5) is 0 Å². The Morgan fingerprint density at radius 3 is 2.02 bits per heavy atom. The first-order valence-corrected chi connectivity index (χ1v) is 13.1. The van der Waals surface area contributed by atoms with E-state index in [0.29, 0.717) is 11.5 Å². The Morgan fingerprint density at radius 2 is 1.48 bits per heavy atom. The Hall–Kier alpha value is -3.89. The molecule has 0 aliphatic carbocycles. The number of H-pyrrole nitrogens is 1. The predicted molar refractivity (Wildman–Crippen MR) is 149 cm³/mol. The molecule has 2 N–H and O–H groups in total. The fourth-order valence-corrected chi connectivity index (χ4v) is 5.14. The van der Waals surface area contributed by atoms with Crippen molar-refractivity contribution >= 4 is 11.6 Å². The third-order valence-electron chi connectivity index (χ3n) is 7.08. The standard InChI is InChI=1S/C30H29ClN2O7/c1-37-22-12-8-20(9-13-22)30(19-6-4-3-5-7-19,21-10-14-23(38-2)15-11-21)39-18-26-25(34)16-27(40-26)33-17-24(31)28(35)32-29(33)36/h3-15,17,25-27,34H,16,18H2,1-2H3,(H,32,35,36)/t25-,26+,27+/m0/s1. The number of nitrogens with one attached hydrogen (secondary N) is 1. The summed E-state index contributed by atoms with van der Waals surface area (Å²) in [5.74, 6) is 1.39. The molecule has 208 valence electrons. The molecule has 1 aliphatic rings. The van der Waals surface area contributed by atoms with Crippen LogP contribution in [0.3, 0.4) is 0 Å². The van der Waals surface area contributed by atoms with Gasteiger partial charge in [-0.1, -0.05) is 66.2 Å². The third kappa shape index (κ3) is 5.29. The van der Waals surface area contributed by atoms with E-state index in [1.807, 2.05) is 78.9 Å². The molecule has 0 unspecified atom stereocenters. The van der Waals surface area contributed by atoms with Crippen molar-refractivity contribution in [2.24, 2.45) is 0 Å². The maximum atomic E-state index is 12.4. The molecule has 10 heteroatoms. The zero-order valence-corrected chi connectivity index (χ0v) is 22.7. The number of hydrogen-bond acceptors (Lipinski definition) is 7. The summed E-state index contributed by atoms with van der Waals surface area (Å²) in [5.41, 5.74) is 0.0583. The summed E-state index contributed by atoms with van der Waals surface area (Å²) in [6, 6.07) is 25.0. The van der Waals surface area contributed by atoms with Crippen LogP contribution in [0.2, 0.25) is 5.02 Å². The molecule has 0 radical (unpaired) electrons. The average Bonchev–Trinajstić information content (AvgIpc) is 3.36. The Balaban J connectivity index is 1.54. The molecule has 1 aliphatic heterocycles. The lowest BCUT2D eigenvalue weighted by atomic mass is 9.80. The van der Waals surface area contributed by atoms with Crippen molar-refractivity contribution in [3.8, 4) is 11.5 Å². The number of benzene rings is 3. The number of aliphatic hydroxyl groups excluding tert-OH is 1. The van der Waals surface area contributed by atoms with Crippen LogP contribution in [0.25, 0.3) is 0 Å². The number of rotatable bonds is 9. The SMILES string of the molecule is COc1ccc(C(OC[C@H]2O[C@@H](n3cc(Cl)c(=O)[nH]c3=O)C[C@@H]2O)(c2ccccc2)c2ccc(OC)cc2)cc1. The summed E-state index contributed by atoms with van der Waals surface area (Å²) < 4.78 is 24.8. The summed E-state index contributed by atoms with van der Waals surface area (Å²) >= 11 is 5.94. The average molecular weight is 565 g/mol. The second-order valence-corrected chi connectivity index (χ2v) is 9.80. The molecule has 4 aromatic rings. The minimum absolute atomic E-state index is 0.0174. The van der Waals surface area contributed by atoms with Gasteiger partial charge >= 0.3 is 5.69 Å². The number of methoxy groups -OCH3 is 2. The Kier molecular flexibility index (Phi) is 8.09. The van der Waals surface area contributed by atoms with Crippen molar-refractivity contribution in [3.63, 3.8) is 0 Å². The van der Waals surface area contributed by atoms with Gasteiger partial charge < -0.3 is 24.1 Å². The quantitative estimate of drug-likeness (QED) is 0.297. The summed E-state index contributed by atoms with van der Waals surface area (Å²) in [4.78, 5) is 26.3. The number of aromatic nitrogens is 2.